The Kier molecular flexibility index (Phi) is 5.21. The number of carbonyl (C=O) groups excluding carboxylic acids is 1. The third kappa shape index (κ3) is 5.30. The molecule has 0 spiro atoms. The van der Waals surface area contributed by atoms with Gasteiger partial charge >= 0.3 is 5.97 Å². The van der Waals surface area contributed by atoms with Gasteiger partial charge in [-0.1, -0.05) is 6.92 Å². The minimum absolute atomic E-state index is 0.0552. The van der Waals surface area contributed by atoms with Gasteiger partial charge in [-0.25, -0.2) is 0 Å². The number of hydrogen-bond donors (Lipinski definition) is 0. The van der Waals surface area contributed by atoms with Crippen molar-refractivity contribution in [3.05, 3.63) is 6.42 Å². The molecule has 0 atom stereocenters. The second-order valence-electron chi connectivity index (χ2n) is 1.36. The maximum absolute atomic E-state index is 10.3. The maximum atomic E-state index is 10.3. The lowest BCUT2D eigenvalue weighted by atomic mass is 10.5. The van der Waals surface area contributed by atoms with E-state index in [-0.39, 0.29) is 12.8 Å². The van der Waals surface area contributed by atoms with E-state index in [2.05, 4.69) is 4.74 Å². The van der Waals surface area contributed by atoms with E-state index in [1.165, 1.54) is 6.42 Å². The third-order valence-corrected chi connectivity index (χ3v) is 0.724. The number of ether oxygens (including phenoxy) is 2. The van der Waals surface area contributed by atoms with Gasteiger partial charge in [0.15, 0.2) is 6.79 Å². The van der Waals surface area contributed by atoms with Gasteiger partial charge in [-0.15, -0.1) is 0 Å². The molecule has 3 heteroatoms. The Hall–Kier alpha value is -0.570. The zero-order chi connectivity index (χ0) is 7.11. The molecule has 0 fully saturated rings. The number of rotatable bonds is 4. The van der Waals surface area contributed by atoms with E-state index < -0.39 is 0 Å². The van der Waals surface area contributed by atoms with E-state index in [0.717, 1.165) is 0 Å². The van der Waals surface area contributed by atoms with Crippen molar-refractivity contribution in [2.75, 3.05) is 13.4 Å². The number of carbonyl (C=O) groups is 1. The van der Waals surface area contributed by atoms with Crippen LogP contribution in [-0.2, 0) is 14.3 Å². The van der Waals surface area contributed by atoms with Gasteiger partial charge in [0.25, 0.3) is 0 Å². The molecule has 0 saturated heterocycles. The molecular formula is C6H11O3. The summed E-state index contributed by atoms with van der Waals surface area (Å²) in [4.78, 5) is 10.3. The Bertz CT molecular complexity index is 80.4. The van der Waals surface area contributed by atoms with Crippen LogP contribution in [0.25, 0.3) is 0 Å². The van der Waals surface area contributed by atoms with Crippen LogP contribution in [0.4, 0.5) is 0 Å². The molecule has 0 aliphatic rings. The summed E-state index contributed by atoms with van der Waals surface area (Å²) in [7, 11) is 0. The molecule has 0 N–H and O–H groups in total. The van der Waals surface area contributed by atoms with Gasteiger partial charge < -0.3 is 9.47 Å². The maximum Gasteiger partial charge on any atom is 0.311 e. The lowest BCUT2D eigenvalue weighted by Crippen LogP contribution is -2.06. The lowest BCUT2D eigenvalue weighted by Gasteiger charge is -2.00. The molecular weight excluding hydrogens is 120 g/mol. The van der Waals surface area contributed by atoms with Gasteiger partial charge in [-0.3, -0.25) is 4.79 Å². The molecule has 0 amide bonds. The van der Waals surface area contributed by atoms with Crippen molar-refractivity contribution < 1.29 is 14.3 Å². The minimum Gasteiger partial charge on any atom is -0.438 e. The smallest absolute Gasteiger partial charge is 0.311 e. The van der Waals surface area contributed by atoms with E-state index in [9.17, 15) is 4.79 Å². The van der Waals surface area contributed by atoms with Crippen LogP contribution < -0.4 is 0 Å². The Balaban J connectivity index is 2.97. The third-order valence-electron chi connectivity index (χ3n) is 0.724. The average Bonchev–Trinajstić information content (AvgIpc) is 1.89. The summed E-state index contributed by atoms with van der Waals surface area (Å²) >= 11 is 0. The van der Waals surface area contributed by atoms with Crippen molar-refractivity contribution in [2.45, 2.75) is 13.8 Å². The first-order chi connectivity index (χ1) is 4.31. The number of esters is 1. The summed E-state index contributed by atoms with van der Waals surface area (Å²) in [6, 6.07) is 0. The first-order valence-electron chi connectivity index (χ1n) is 2.85. The van der Waals surface area contributed by atoms with Crippen LogP contribution in [-0.4, -0.2) is 19.4 Å². The zero-order valence-corrected chi connectivity index (χ0v) is 5.72. The molecule has 0 unspecified atom stereocenters. The Morgan fingerprint density at radius 3 is 2.78 bits per heavy atom. The van der Waals surface area contributed by atoms with Crippen molar-refractivity contribution in [1.29, 1.82) is 0 Å². The van der Waals surface area contributed by atoms with Crippen molar-refractivity contribution in [3.63, 3.8) is 0 Å². The molecule has 0 aromatic carbocycles. The van der Waals surface area contributed by atoms with Crippen LogP contribution >= 0.6 is 0 Å². The van der Waals surface area contributed by atoms with E-state index in [0.29, 0.717) is 6.61 Å². The fourth-order valence-corrected chi connectivity index (χ4v) is 0.266. The molecule has 0 aromatic rings. The SMILES string of the molecule is C[CH]C(=O)OCOCC. The second kappa shape index (κ2) is 5.56. The second-order valence-corrected chi connectivity index (χ2v) is 1.36. The standard InChI is InChI=1S/C6H11O3/c1-3-6(7)9-5-8-4-2/h3H,4-5H2,1-2H3. The molecule has 0 saturated carbocycles. The largest absolute Gasteiger partial charge is 0.438 e. The predicted octanol–water partition coefficient (Wildman–Crippen LogP) is 0.748. The molecule has 0 heterocycles. The normalized spacial score (nSPS) is 9.11. The molecule has 53 valence electrons. The van der Waals surface area contributed by atoms with E-state index in [4.69, 9.17) is 4.74 Å². The first-order valence-corrected chi connectivity index (χ1v) is 2.85. The molecule has 0 rings (SSSR count). The highest BCUT2D eigenvalue weighted by molar-refractivity contribution is 5.77. The quantitative estimate of drug-likeness (QED) is 0.321. The summed E-state index contributed by atoms with van der Waals surface area (Å²) in [6.45, 7) is 4.08. The zero-order valence-electron chi connectivity index (χ0n) is 5.72. The monoisotopic (exact) mass is 131 g/mol. The van der Waals surface area contributed by atoms with Gasteiger partial charge in [0.1, 0.15) is 0 Å². The highest BCUT2D eigenvalue weighted by Gasteiger charge is 1.95. The topological polar surface area (TPSA) is 35.5 Å². The van der Waals surface area contributed by atoms with Crippen molar-refractivity contribution in [3.8, 4) is 0 Å². The minimum atomic E-state index is -0.344. The van der Waals surface area contributed by atoms with Crippen LogP contribution in [0.1, 0.15) is 13.8 Å². The van der Waals surface area contributed by atoms with Gasteiger partial charge in [0.05, 0.1) is 6.42 Å². The molecule has 3 nitrogen and oxygen atoms in total. The molecule has 9 heavy (non-hydrogen) atoms. The van der Waals surface area contributed by atoms with Crippen LogP contribution in [0.2, 0.25) is 0 Å². The molecule has 0 aromatic heterocycles. The summed E-state index contributed by atoms with van der Waals surface area (Å²) in [5.74, 6) is -0.344. The highest BCUT2D eigenvalue weighted by atomic mass is 16.7. The van der Waals surface area contributed by atoms with E-state index >= 15 is 0 Å². The Morgan fingerprint density at radius 1 is 1.67 bits per heavy atom. The average molecular weight is 131 g/mol. The lowest BCUT2D eigenvalue weighted by molar-refractivity contribution is -0.151. The molecule has 0 aliphatic heterocycles. The fraction of sp³-hybridized carbons (Fsp3) is 0.667. The van der Waals surface area contributed by atoms with Crippen molar-refractivity contribution >= 4 is 5.97 Å². The first kappa shape index (κ1) is 8.43. The van der Waals surface area contributed by atoms with Crippen molar-refractivity contribution in [1.82, 2.24) is 0 Å². The molecule has 0 bridgehead atoms. The summed E-state index contributed by atoms with van der Waals surface area (Å²) in [6.07, 6.45) is 1.35. The van der Waals surface area contributed by atoms with Crippen LogP contribution in [0.15, 0.2) is 0 Å². The number of hydrogen-bond acceptors (Lipinski definition) is 3. The highest BCUT2D eigenvalue weighted by Crippen LogP contribution is 1.82. The van der Waals surface area contributed by atoms with E-state index in [1.807, 2.05) is 6.92 Å². The van der Waals surface area contributed by atoms with E-state index in [1.54, 1.807) is 6.92 Å². The van der Waals surface area contributed by atoms with Crippen molar-refractivity contribution in [2.24, 2.45) is 0 Å². The molecule has 0 aliphatic carbocycles. The van der Waals surface area contributed by atoms with Gasteiger partial charge in [-0.05, 0) is 6.92 Å². The summed E-state index contributed by atoms with van der Waals surface area (Å²) in [5, 5.41) is 0. The van der Waals surface area contributed by atoms with Gasteiger partial charge in [-0.2, -0.15) is 0 Å². The summed E-state index contributed by atoms with van der Waals surface area (Å²) in [5.41, 5.74) is 0. The Morgan fingerprint density at radius 2 is 2.33 bits per heavy atom. The van der Waals surface area contributed by atoms with Crippen LogP contribution in [0, 0.1) is 6.42 Å². The fourth-order valence-electron chi connectivity index (χ4n) is 0.266. The van der Waals surface area contributed by atoms with Crippen LogP contribution in [0.5, 0.6) is 0 Å². The Labute approximate surface area is 55.0 Å². The van der Waals surface area contributed by atoms with Gasteiger partial charge in [0.2, 0.25) is 0 Å². The summed E-state index contributed by atoms with van der Waals surface area (Å²) < 4.78 is 9.26. The van der Waals surface area contributed by atoms with Crippen LogP contribution in [0.3, 0.4) is 0 Å². The predicted molar refractivity (Wildman–Crippen MR) is 32.6 cm³/mol. The molecule has 1 radical (unpaired) electrons. The van der Waals surface area contributed by atoms with Gasteiger partial charge in [0, 0.05) is 6.61 Å².